The minimum atomic E-state index is -0.726. The maximum Gasteiger partial charge on any atom is 0.269 e. The molecule has 6 heteroatoms. The minimum Gasteiger partial charge on any atom is -0.272 e. The predicted molar refractivity (Wildman–Crippen MR) is 62.1 cm³/mol. The molecule has 0 radical (unpaired) electrons. The van der Waals surface area contributed by atoms with Gasteiger partial charge in [-0.2, -0.15) is 5.26 Å². The first-order valence-corrected chi connectivity index (χ1v) is 5.22. The number of carbonyl (C=O) groups is 2. The average Bonchev–Trinajstić information content (AvgIpc) is 2.35. The molecule has 0 unspecified atom stereocenters. The van der Waals surface area contributed by atoms with Gasteiger partial charge in [0.2, 0.25) is 0 Å². The van der Waals surface area contributed by atoms with E-state index in [0.29, 0.717) is 11.1 Å². The lowest BCUT2D eigenvalue weighted by Crippen LogP contribution is -2.44. The molecule has 88 valence electrons. The zero-order chi connectivity index (χ0) is 12.8. The first kappa shape index (κ1) is 13.0. The van der Waals surface area contributed by atoms with Crippen LogP contribution in [0.2, 0.25) is 0 Å². The minimum absolute atomic E-state index is 0.339. The number of hydrogen-bond donors (Lipinski definition) is 2. The Kier molecular flexibility index (Phi) is 4.49. The molecule has 1 aromatic rings. The van der Waals surface area contributed by atoms with Crippen molar-refractivity contribution in [3.8, 4) is 6.07 Å². The Labute approximate surface area is 103 Å². The molecule has 2 N–H and O–H groups in total. The molecule has 0 aromatic heterocycles. The van der Waals surface area contributed by atoms with E-state index in [1.165, 1.54) is 31.2 Å². The highest BCUT2D eigenvalue weighted by molar-refractivity contribution is 6.30. The molecule has 0 fully saturated rings. The van der Waals surface area contributed by atoms with Gasteiger partial charge in [-0.1, -0.05) is 0 Å². The van der Waals surface area contributed by atoms with Gasteiger partial charge in [-0.25, -0.2) is 0 Å². The van der Waals surface area contributed by atoms with Crippen molar-refractivity contribution in [2.75, 3.05) is 0 Å². The van der Waals surface area contributed by atoms with Crippen LogP contribution in [0.1, 0.15) is 22.8 Å². The summed E-state index contributed by atoms with van der Waals surface area (Å²) < 4.78 is 0. The molecule has 0 heterocycles. The number of nitriles is 1. The normalized spacial score (nSPS) is 11.1. The molecule has 1 atom stereocenters. The number of benzene rings is 1. The second-order valence-corrected chi connectivity index (χ2v) is 3.90. The van der Waals surface area contributed by atoms with Gasteiger partial charge in [0.1, 0.15) is 5.38 Å². The summed E-state index contributed by atoms with van der Waals surface area (Å²) in [6.07, 6.45) is 0. The summed E-state index contributed by atoms with van der Waals surface area (Å²) in [5.41, 5.74) is 5.18. The molecule has 2 amide bonds. The van der Waals surface area contributed by atoms with Gasteiger partial charge in [0.05, 0.1) is 11.6 Å². The van der Waals surface area contributed by atoms with E-state index in [1.807, 2.05) is 6.07 Å². The number of nitrogens with zero attached hydrogens (tertiary/aromatic N) is 1. The van der Waals surface area contributed by atoms with Gasteiger partial charge in [-0.15, -0.1) is 11.6 Å². The summed E-state index contributed by atoms with van der Waals surface area (Å²) in [6.45, 7) is 1.49. The highest BCUT2D eigenvalue weighted by Gasteiger charge is 2.10. The number of halogens is 1. The predicted octanol–water partition coefficient (Wildman–Crippen LogP) is 0.947. The molecule has 17 heavy (non-hydrogen) atoms. The van der Waals surface area contributed by atoms with Crippen LogP contribution in [0.5, 0.6) is 0 Å². The molecular weight excluding hydrogens is 242 g/mol. The standard InChI is InChI=1S/C11H10ClN3O2/c1-7(12)10(16)14-15-11(17)9-4-2-8(6-13)3-5-9/h2-5,7H,1H3,(H,14,16)(H,15,17)/t7-/m1/s1. The molecule has 0 aliphatic heterocycles. The molecular formula is C11H10ClN3O2. The van der Waals surface area contributed by atoms with Crippen molar-refractivity contribution in [3.63, 3.8) is 0 Å². The topological polar surface area (TPSA) is 82.0 Å². The second kappa shape index (κ2) is 5.87. The van der Waals surface area contributed by atoms with Crippen molar-refractivity contribution in [1.82, 2.24) is 10.9 Å². The Morgan fingerprint density at radius 2 is 1.88 bits per heavy atom. The first-order valence-electron chi connectivity index (χ1n) is 4.79. The van der Waals surface area contributed by atoms with Crippen LogP contribution >= 0.6 is 11.6 Å². The lowest BCUT2D eigenvalue weighted by molar-refractivity contribution is -0.121. The van der Waals surface area contributed by atoms with Crippen molar-refractivity contribution < 1.29 is 9.59 Å². The number of carbonyl (C=O) groups excluding carboxylic acids is 2. The van der Waals surface area contributed by atoms with Gasteiger partial charge in [0.25, 0.3) is 11.8 Å². The quantitative estimate of drug-likeness (QED) is 0.606. The Bertz CT molecular complexity index is 463. The Balaban J connectivity index is 2.59. The molecule has 5 nitrogen and oxygen atoms in total. The Hall–Kier alpha value is -2.06. The van der Waals surface area contributed by atoms with Gasteiger partial charge < -0.3 is 0 Å². The lowest BCUT2D eigenvalue weighted by Gasteiger charge is -2.08. The largest absolute Gasteiger partial charge is 0.272 e. The zero-order valence-electron chi connectivity index (χ0n) is 9.03. The number of amides is 2. The third-order valence-corrected chi connectivity index (χ3v) is 2.13. The van der Waals surface area contributed by atoms with Crippen LogP contribution in [0.15, 0.2) is 24.3 Å². The summed E-state index contributed by atoms with van der Waals surface area (Å²) in [7, 11) is 0. The van der Waals surface area contributed by atoms with E-state index in [9.17, 15) is 9.59 Å². The van der Waals surface area contributed by atoms with Crippen molar-refractivity contribution >= 4 is 23.4 Å². The van der Waals surface area contributed by atoms with Crippen LogP contribution in [0.3, 0.4) is 0 Å². The van der Waals surface area contributed by atoms with E-state index in [0.717, 1.165) is 0 Å². The molecule has 1 aromatic carbocycles. The van der Waals surface area contributed by atoms with Crippen LogP contribution in [-0.2, 0) is 4.79 Å². The van der Waals surface area contributed by atoms with E-state index >= 15 is 0 Å². The third-order valence-electron chi connectivity index (χ3n) is 1.94. The van der Waals surface area contributed by atoms with Crippen molar-refractivity contribution in [1.29, 1.82) is 5.26 Å². The van der Waals surface area contributed by atoms with Crippen molar-refractivity contribution in [3.05, 3.63) is 35.4 Å². The maximum atomic E-state index is 11.5. The SMILES string of the molecule is C[C@@H](Cl)C(=O)NNC(=O)c1ccc(C#N)cc1. The highest BCUT2D eigenvalue weighted by atomic mass is 35.5. The molecule has 0 bridgehead atoms. The third kappa shape index (κ3) is 3.78. The fraction of sp³-hybridized carbons (Fsp3) is 0.182. The summed E-state index contributed by atoms with van der Waals surface area (Å²) >= 11 is 5.50. The van der Waals surface area contributed by atoms with Gasteiger partial charge in [0.15, 0.2) is 0 Å². The summed E-state index contributed by atoms with van der Waals surface area (Å²) in [5, 5.41) is 7.86. The van der Waals surface area contributed by atoms with Crippen molar-refractivity contribution in [2.45, 2.75) is 12.3 Å². The van der Waals surface area contributed by atoms with Crippen LogP contribution in [-0.4, -0.2) is 17.2 Å². The van der Waals surface area contributed by atoms with E-state index in [1.54, 1.807) is 0 Å². The fourth-order valence-electron chi connectivity index (χ4n) is 0.986. The number of alkyl halides is 1. The van der Waals surface area contributed by atoms with Gasteiger partial charge in [-0.05, 0) is 31.2 Å². The smallest absolute Gasteiger partial charge is 0.269 e. The van der Waals surface area contributed by atoms with Crippen molar-refractivity contribution in [2.24, 2.45) is 0 Å². The lowest BCUT2D eigenvalue weighted by atomic mass is 10.1. The van der Waals surface area contributed by atoms with Gasteiger partial charge >= 0.3 is 0 Å². The molecule has 1 rings (SSSR count). The molecule has 0 saturated carbocycles. The highest BCUT2D eigenvalue weighted by Crippen LogP contribution is 2.02. The molecule has 0 saturated heterocycles. The molecule has 0 aliphatic carbocycles. The molecule has 0 spiro atoms. The van der Waals surface area contributed by atoms with Crippen LogP contribution in [0, 0.1) is 11.3 Å². The number of hydrazine groups is 1. The monoisotopic (exact) mass is 251 g/mol. The number of rotatable bonds is 2. The maximum absolute atomic E-state index is 11.5. The first-order chi connectivity index (χ1) is 8.04. The summed E-state index contributed by atoms with van der Waals surface area (Å²) in [5.74, 6) is -0.964. The van der Waals surface area contributed by atoms with Crippen LogP contribution in [0.4, 0.5) is 0 Å². The van der Waals surface area contributed by atoms with Crippen LogP contribution in [0.25, 0.3) is 0 Å². The van der Waals surface area contributed by atoms with E-state index in [-0.39, 0.29) is 0 Å². The Morgan fingerprint density at radius 3 is 2.35 bits per heavy atom. The van der Waals surface area contributed by atoms with Gasteiger partial charge in [-0.3, -0.25) is 20.4 Å². The summed E-state index contributed by atoms with van der Waals surface area (Å²) in [6, 6.07) is 7.95. The Morgan fingerprint density at radius 1 is 1.29 bits per heavy atom. The number of nitrogens with one attached hydrogen (secondary N) is 2. The fourth-order valence-corrected chi connectivity index (χ4v) is 1.04. The zero-order valence-corrected chi connectivity index (χ0v) is 9.78. The summed E-state index contributed by atoms with van der Waals surface area (Å²) in [4.78, 5) is 22.6. The number of hydrogen-bond acceptors (Lipinski definition) is 3. The average molecular weight is 252 g/mol. The second-order valence-electron chi connectivity index (χ2n) is 3.25. The molecule has 0 aliphatic rings. The van der Waals surface area contributed by atoms with E-state index in [2.05, 4.69) is 10.9 Å². The van der Waals surface area contributed by atoms with Gasteiger partial charge in [0, 0.05) is 5.56 Å². The van der Waals surface area contributed by atoms with Crippen LogP contribution < -0.4 is 10.9 Å². The van der Waals surface area contributed by atoms with E-state index in [4.69, 9.17) is 16.9 Å². The van der Waals surface area contributed by atoms with E-state index < -0.39 is 17.2 Å².